The number of rotatable bonds is 5. The highest BCUT2D eigenvalue weighted by atomic mass is 35.5. The van der Waals surface area contributed by atoms with Crippen molar-refractivity contribution in [2.45, 2.75) is 45.9 Å². The van der Waals surface area contributed by atoms with E-state index in [9.17, 15) is 8.78 Å². The van der Waals surface area contributed by atoms with E-state index in [0.717, 1.165) is 23.6 Å². The summed E-state index contributed by atoms with van der Waals surface area (Å²) in [5, 5.41) is 2.29. The van der Waals surface area contributed by atoms with Gasteiger partial charge in [0.2, 0.25) is 5.88 Å². The summed E-state index contributed by atoms with van der Waals surface area (Å²) in [5.74, 6) is -2.69. The fourth-order valence-electron chi connectivity index (χ4n) is 2.73. The van der Waals surface area contributed by atoms with Crippen LogP contribution in [0.4, 0.5) is 8.78 Å². The van der Waals surface area contributed by atoms with Gasteiger partial charge in [-0.15, -0.1) is 0 Å². The molecular weight excluding hydrogens is 364 g/mol. The van der Waals surface area contributed by atoms with E-state index in [2.05, 4.69) is 9.97 Å². The largest absolute Gasteiger partial charge is 0.471 e. The summed E-state index contributed by atoms with van der Waals surface area (Å²) in [6, 6.07) is 3.65. The summed E-state index contributed by atoms with van der Waals surface area (Å²) < 4.78 is 31.0. The van der Waals surface area contributed by atoms with Crippen LogP contribution in [0.5, 0.6) is 5.88 Å². The summed E-state index contributed by atoms with van der Waals surface area (Å²) in [5.41, 5.74) is 3.55. The van der Waals surface area contributed by atoms with E-state index in [1.165, 1.54) is 0 Å². The number of hydroxylamine groups is 2. The molecular formula is C18H20ClF2N3O2. The van der Waals surface area contributed by atoms with Crippen molar-refractivity contribution in [2.24, 2.45) is 0 Å². The first-order valence-corrected chi connectivity index (χ1v) is 8.61. The van der Waals surface area contributed by atoms with E-state index in [4.69, 9.17) is 21.2 Å². The van der Waals surface area contributed by atoms with Crippen LogP contribution in [0.15, 0.2) is 24.5 Å². The Labute approximate surface area is 155 Å². The molecule has 3 rings (SSSR count). The third-order valence-corrected chi connectivity index (χ3v) is 4.55. The molecule has 0 spiro atoms. The second kappa shape index (κ2) is 7.42. The second-order valence-corrected chi connectivity index (χ2v) is 6.87. The summed E-state index contributed by atoms with van der Waals surface area (Å²) in [7, 11) is 0. The molecule has 140 valence electrons. The van der Waals surface area contributed by atoms with Crippen molar-refractivity contribution in [3.63, 3.8) is 0 Å². The Hall–Kier alpha value is -1.83. The molecule has 26 heavy (non-hydrogen) atoms. The highest BCUT2D eigenvalue weighted by Gasteiger charge is 2.26. The predicted octanol–water partition coefficient (Wildman–Crippen LogP) is 4.48. The fraction of sp³-hybridized carbons (Fsp3) is 0.444. The number of alkyl halides is 2. The van der Waals surface area contributed by atoms with Crippen molar-refractivity contribution in [2.75, 3.05) is 6.61 Å². The van der Waals surface area contributed by atoms with Crippen LogP contribution >= 0.6 is 11.6 Å². The molecule has 0 N–H and O–H groups in total. The summed E-state index contributed by atoms with van der Waals surface area (Å²) in [6.45, 7) is 4.78. The molecule has 0 saturated heterocycles. The zero-order valence-corrected chi connectivity index (χ0v) is 15.6. The van der Waals surface area contributed by atoms with Crippen molar-refractivity contribution >= 4 is 11.6 Å². The Kier molecular flexibility index (Phi) is 5.41. The molecule has 0 saturated carbocycles. The monoisotopic (exact) mass is 383 g/mol. The standard InChI is InChI=1S/C18H20ClF2N3O2/c1-11-6-14(7-23-17(11)25-10-18(3,20)21)12(2)24-8-15-13(9-26-24)4-5-22-16(15)19/h4-7,12H,8-10H2,1-3H3. The summed E-state index contributed by atoms with van der Waals surface area (Å²) >= 11 is 6.19. The number of aromatic nitrogens is 2. The van der Waals surface area contributed by atoms with E-state index in [0.29, 0.717) is 23.9 Å². The van der Waals surface area contributed by atoms with Crippen LogP contribution in [0.1, 0.15) is 42.1 Å². The number of aryl methyl sites for hydroxylation is 1. The molecule has 1 aliphatic heterocycles. The Bertz CT molecular complexity index is 798. The molecule has 1 unspecified atom stereocenters. The van der Waals surface area contributed by atoms with Gasteiger partial charge in [0.1, 0.15) is 5.15 Å². The first-order chi connectivity index (χ1) is 12.2. The molecule has 5 nitrogen and oxygen atoms in total. The van der Waals surface area contributed by atoms with Crippen molar-refractivity contribution in [3.8, 4) is 5.88 Å². The van der Waals surface area contributed by atoms with Crippen LogP contribution in [0.2, 0.25) is 5.15 Å². The molecule has 1 atom stereocenters. The highest BCUT2D eigenvalue weighted by Crippen LogP contribution is 2.32. The smallest absolute Gasteiger partial charge is 0.278 e. The predicted molar refractivity (Wildman–Crippen MR) is 93.1 cm³/mol. The van der Waals surface area contributed by atoms with Gasteiger partial charge in [-0.2, -0.15) is 5.06 Å². The molecule has 2 aromatic rings. The second-order valence-electron chi connectivity index (χ2n) is 6.51. The van der Waals surface area contributed by atoms with E-state index in [1.54, 1.807) is 19.3 Å². The number of nitrogens with zero attached hydrogens (tertiary/aromatic N) is 3. The van der Waals surface area contributed by atoms with Crippen LogP contribution < -0.4 is 4.74 Å². The average molecular weight is 384 g/mol. The van der Waals surface area contributed by atoms with Gasteiger partial charge in [-0.1, -0.05) is 11.6 Å². The van der Waals surface area contributed by atoms with Crippen LogP contribution in [0.25, 0.3) is 0 Å². The van der Waals surface area contributed by atoms with E-state index in [1.807, 2.05) is 24.1 Å². The molecule has 0 amide bonds. The maximum absolute atomic E-state index is 13.0. The maximum atomic E-state index is 13.0. The van der Waals surface area contributed by atoms with Gasteiger partial charge in [-0.3, -0.25) is 4.84 Å². The number of pyridine rings is 2. The molecule has 8 heteroatoms. The van der Waals surface area contributed by atoms with Crippen molar-refractivity contribution in [1.82, 2.24) is 15.0 Å². The lowest BCUT2D eigenvalue weighted by atomic mass is 10.1. The van der Waals surface area contributed by atoms with Crippen LogP contribution in [0.3, 0.4) is 0 Å². The molecule has 0 aliphatic carbocycles. The molecule has 1 aliphatic rings. The van der Waals surface area contributed by atoms with Gasteiger partial charge < -0.3 is 4.74 Å². The molecule has 0 aromatic carbocycles. The fourth-order valence-corrected chi connectivity index (χ4v) is 2.97. The Balaban J connectivity index is 1.73. The lowest BCUT2D eigenvalue weighted by molar-refractivity contribution is -0.211. The molecule has 0 bridgehead atoms. The normalized spacial score (nSPS) is 16.2. The number of hydrogen-bond acceptors (Lipinski definition) is 5. The summed E-state index contributed by atoms with van der Waals surface area (Å²) in [4.78, 5) is 14.1. The van der Waals surface area contributed by atoms with Crippen molar-refractivity contribution in [1.29, 1.82) is 0 Å². The number of hydrogen-bond donors (Lipinski definition) is 0. The molecule has 2 aromatic heterocycles. The van der Waals surface area contributed by atoms with Gasteiger partial charge in [0, 0.05) is 30.4 Å². The van der Waals surface area contributed by atoms with Gasteiger partial charge >= 0.3 is 0 Å². The molecule has 3 heterocycles. The van der Waals surface area contributed by atoms with Crippen LogP contribution in [-0.2, 0) is 18.0 Å². The topological polar surface area (TPSA) is 47.5 Å². The Morgan fingerprint density at radius 1 is 1.42 bits per heavy atom. The van der Waals surface area contributed by atoms with E-state index < -0.39 is 12.5 Å². The van der Waals surface area contributed by atoms with Gasteiger partial charge in [0.05, 0.1) is 19.2 Å². The summed E-state index contributed by atoms with van der Waals surface area (Å²) in [6.07, 6.45) is 3.28. The van der Waals surface area contributed by atoms with Crippen molar-refractivity contribution < 1.29 is 18.4 Å². The first kappa shape index (κ1) is 18.9. The quantitative estimate of drug-likeness (QED) is 0.712. The number of fused-ring (bicyclic) bond motifs is 1. The average Bonchev–Trinajstić information content (AvgIpc) is 2.59. The minimum atomic E-state index is -2.90. The molecule has 0 radical (unpaired) electrons. The first-order valence-electron chi connectivity index (χ1n) is 8.23. The van der Waals surface area contributed by atoms with Gasteiger partial charge in [0.25, 0.3) is 5.92 Å². The Morgan fingerprint density at radius 3 is 2.88 bits per heavy atom. The lowest BCUT2D eigenvalue weighted by Gasteiger charge is -2.33. The zero-order chi connectivity index (χ0) is 18.9. The minimum absolute atomic E-state index is 0.104. The highest BCUT2D eigenvalue weighted by molar-refractivity contribution is 6.30. The minimum Gasteiger partial charge on any atom is -0.471 e. The van der Waals surface area contributed by atoms with Gasteiger partial charge in [0.15, 0.2) is 6.61 Å². The number of halogens is 3. The van der Waals surface area contributed by atoms with Gasteiger partial charge in [-0.05, 0) is 37.1 Å². The Morgan fingerprint density at radius 2 is 2.19 bits per heavy atom. The third kappa shape index (κ3) is 4.28. The van der Waals surface area contributed by atoms with Gasteiger partial charge in [-0.25, -0.2) is 18.7 Å². The van der Waals surface area contributed by atoms with E-state index >= 15 is 0 Å². The SMILES string of the molecule is Cc1cc(C(C)N2Cc3c(ccnc3Cl)CO2)cnc1OCC(C)(F)F. The van der Waals surface area contributed by atoms with Crippen LogP contribution in [-0.4, -0.2) is 27.6 Å². The lowest BCUT2D eigenvalue weighted by Crippen LogP contribution is -2.31. The third-order valence-electron chi connectivity index (χ3n) is 4.23. The maximum Gasteiger partial charge on any atom is 0.278 e. The van der Waals surface area contributed by atoms with E-state index in [-0.39, 0.29) is 11.9 Å². The molecule has 0 fully saturated rings. The zero-order valence-electron chi connectivity index (χ0n) is 14.8. The van der Waals surface area contributed by atoms with Crippen LogP contribution in [0, 0.1) is 6.92 Å². The number of ether oxygens (including phenoxy) is 1. The van der Waals surface area contributed by atoms with Crippen molar-refractivity contribution in [3.05, 3.63) is 51.9 Å².